The number of piperidine rings is 1. The number of carbonyl (C=O) groups is 3. The van der Waals surface area contributed by atoms with Crippen LogP contribution in [-0.4, -0.2) is 42.3 Å². The van der Waals surface area contributed by atoms with Gasteiger partial charge in [-0.1, -0.05) is 0 Å². The summed E-state index contributed by atoms with van der Waals surface area (Å²) in [5.74, 6) is 0.175. The fourth-order valence-corrected chi connectivity index (χ4v) is 3.35. The van der Waals surface area contributed by atoms with Crippen molar-refractivity contribution in [3.63, 3.8) is 0 Å². The first-order valence-electron chi connectivity index (χ1n) is 8.51. The van der Waals surface area contributed by atoms with Gasteiger partial charge in [-0.05, 0) is 43.5 Å². The zero-order valence-corrected chi connectivity index (χ0v) is 14.0. The molecule has 6 nitrogen and oxygen atoms in total. The predicted octanol–water partition coefficient (Wildman–Crippen LogP) is 2.01. The highest BCUT2D eigenvalue weighted by atomic mass is 16.2. The largest absolute Gasteiger partial charge is 0.343 e. The molecule has 2 aliphatic rings. The Bertz CT molecular complexity index is 633. The molecule has 2 fully saturated rings. The molecule has 2 saturated heterocycles. The smallest absolute Gasteiger partial charge is 0.227 e. The van der Waals surface area contributed by atoms with Crippen molar-refractivity contribution in [2.24, 2.45) is 5.92 Å². The number of hydrogen-bond acceptors (Lipinski definition) is 3. The average molecular weight is 329 g/mol. The third kappa shape index (κ3) is 3.58. The minimum atomic E-state index is -0.0552. The maximum absolute atomic E-state index is 12.4. The van der Waals surface area contributed by atoms with Crippen molar-refractivity contribution in [1.29, 1.82) is 0 Å². The standard InChI is InChI=1S/C18H23N3O3/c1-13(22)20-11-8-14(9-12-20)18(24)19-15-4-6-16(7-5-15)21-10-2-3-17(21)23/h4-7,14H,2-3,8-12H2,1H3,(H,19,24). The second-order valence-corrected chi connectivity index (χ2v) is 6.47. The summed E-state index contributed by atoms with van der Waals surface area (Å²) in [6.07, 6.45) is 2.91. The molecule has 2 heterocycles. The lowest BCUT2D eigenvalue weighted by Crippen LogP contribution is -2.40. The number of nitrogens with one attached hydrogen (secondary N) is 1. The zero-order valence-electron chi connectivity index (χ0n) is 14.0. The molecule has 0 aliphatic carbocycles. The summed E-state index contributed by atoms with van der Waals surface area (Å²) in [6, 6.07) is 7.42. The number of benzene rings is 1. The molecule has 3 amide bonds. The van der Waals surface area contributed by atoms with Gasteiger partial charge in [0.05, 0.1) is 0 Å². The van der Waals surface area contributed by atoms with E-state index in [-0.39, 0.29) is 23.6 Å². The average Bonchev–Trinajstić information content (AvgIpc) is 3.01. The fraction of sp³-hybridized carbons (Fsp3) is 0.500. The van der Waals surface area contributed by atoms with Gasteiger partial charge in [0.15, 0.2) is 0 Å². The van der Waals surface area contributed by atoms with Gasteiger partial charge < -0.3 is 15.1 Å². The van der Waals surface area contributed by atoms with E-state index in [2.05, 4.69) is 5.32 Å². The molecule has 1 N–H and O–H groups in total. The monoisotopic (exact) mass is 329 g/mol. The van der Waals surface area contributed by atoms with Crippen molar-refractivity contribution in [3.8, 4) is 0 Å². The molecule has 6 heteroatoms. The summed E-state index contributed by atoms with van der Waals surface area (Å²) in [6.45, 7) is 3.61. The van der Waals surface area contributed by atoms with Gasteiger partial charge >= 0.3 is 0 Å². The van der Waals surface area contributed by atoms with E-state index in [1.165, 1.54) is 0 Å². The highest BCUT2D eigenvalue weighted by Gasteiger charge is 2.26. The summed E-state index contributed by atoms with van der Waals surface area (Å²) < 4.78 is 0. The third-order valence-corrected chi connectivity index (χ3v) is 4.83. The zero-order chi connectivity index (χ0) is 17.1. The first-order valence-corrected chi connectivity index (χ1v) is 8.51. The molecule has 0 spiro atoms. The Balaban J connectivity index is 1.55. The molecular weight excluding hydrogens is 306 g/mol. The molecule has 24 heavy (non-hydrogen) atoms. The van der Waals surface area contributed by atoms with E-state index in [0.717, 1.165) is 24.3 Å². The molecule has 0 unspecified atom stereocenters. The number of rotatable bonds is 3. The Labute approximate surface area is 141 Å². The van der Waals surface area contributed by atoms with E-state index in [1.807, 2.05) is 24.3 Å². The van der Waals surface area contributed by atoms with Crippen molar-refractivity contribution >= 4 is 29.1 Å². The molecule has 1 aromatic carbocycles. The normalized spacial score (nSPS) is 18.8. The highest BCUT2D eigenvalue weighted by Crippen LogP contribution is 2.24. The Kier molecular flexibility index (Phi) is 4.83. The second-order valence-electron chi connectivity index (χ2n) is 6.47. The molecule has 0 atom stereocenters. The lowest BCUT2D eigenvalue weighted by Gasteiger charge is -2.30. The van der Waals surface area contributed by atoms with E-state index in [4.69, 9.17) is 0 Å². The van der Waals surface area contributed by atoms with E-state index >= 15 is 0 Å². The molecule has 128 valence electrons. The van der Waals surface area contributed by atoms with E-state index in [0.29, 0.717) is 32.4 Å². The lowest BCUT2D eigenvalue weighted by molar-refractivity contribution is -0.132. The number of hydrogen-bond donors (Lipinski definition) is 1. The van der Waals surface area contributed by atoms with Crippen molar-refractivity contribution in [2.45, 2.75) is 32.6 Å². The Hall–Kier alpha value is -2.37. The van der Waals surface area contributed by atoms with Crippen LogP contribution in [0.4, 0.5) is 11.4 Å². The summed E-state index contributed by atoms with van der Waals surface area (Å²) in [5.41, 5.74) is 1.62. The van der Waals surface area contributed by atoms with Crippen LogP contribution < -0.4 is 10.2 Å². The fourth-order valence-electron chi connectivity index (χ4n) is 3.35. The van der Waals surface area contributed by atoms with Crippen LogP contribution in [0.2, 0.25) is 0 Å². The van der Waals surface area contributed by atoms with E-state index < -0.39 is 0 Å². The Morgan fingerprint density at radius 1 is 1.08 bits per heavy atom. The summed E-state index contributed by atoms with van der Waals surface area (Å²) >= 11 is 0. The van der Waals surface area contributed by atoms with Crippen LogP contribution in [0.3, 0.4) is 0 Å². The molecular formula is C18H23N3O3. The van der Waals surface area contributed by atoms with Gasteiger partial charge in [-0.15, -0.1) is 0 Å². The Morgan fingerprint density at radius 2 is 1.75 bits per heavy atom. The van der Waals surface area contributed by atoms with Gasteiger partial charge in [0.1, 0.15) is 0 Å². The molecule has 0 saturated carbocycles. The highest BCUT2D eigenvalue weighted by molar-refractivity contribution is 5.96. The van der Waals surface area contributed by atoms with E-state index in [1.54, 1.807) is 16.7 Å². The molecule has 2 aliphatic heterocycles. The van der Waals surface area contributed by atoms with Gasteiger partial charge in [-0.25, -0.2) is 0 Å². The Morgan fingerprint density at radius 3 is 2.29 bits per heavy atom. The molecule has 3 rings (SSSR count). The van der Waals surface area contributed by atoms with Gasteiger partial charge in [-0.3, -0.25) is 14.4 Å². The summed E-state index contributed by atoms with van der Waals surface area (Å²) in [5, 5.41) is 2.94. The van der Waals surface area contributed by atoms with Crippen molar-refractivity contribution in [2.75, 3.05) is 29.9 Å². The third-order valence-electron chi connectivity index (χ3n) is 4.83. The summed E-state index contributed by atoms with van der Waals surface area (Å²) in [7, 11) is 0. The first-order chi connectivity index (χ1) is 11.5. The molecule has 0 bridgehead atoms. The van der Waals surface area contributed by atoms with Crippen molar-refractivity contribution in [1.82, 2.24) is 4.90 Å². The predicted molar refractivity (Wildman–Crippen MR) is 91.6 cm³/mol. The van der Waals surface area contributed by atoms with E-state index in [9.17, 15) is 14.4 Å². The SMILES string of the molecule is CC(=O)N1CCC(C(=O)Nc2ccc(N3CCCC3=O)cc2)CC1. The topological polar surface area (TPSA) is 69.7 Å². The number of amides is 3. The van der Waals surface area contributed by atoms with Gasteiger partial charge in [0.25, 0.3) is 0 Å². The molecule has 1 aromatic rings. The summed E-state index contributed by atoms with van der Waals surface area (Å²) in [4.78, 5) is 39.0. The van der Waals surface area contributed by atoms with Crippen molar-refractivity contribution < 1.29 is 14.4 Å². The van der Waals surface area contributed by atoms with Gasteiger partial charge in [-0.2, -0.15) is 0 Å². The maximum Gasteiger partial charge on any atom is 0.227 e. The van der Waals surface area contributed by atoms with Crippen LogP contribution in [-0.2, 0) is 14.4 Å². The number of likely N-dealkylation sites (tertiary alicyclic amines) is 1. The number of nitrogens with zero attached hydrogens (tertiary/aromatic N) is 2. The minimum absolute atomic E-state index is 0.00296. The van der Waals surface area contributed by atoms with Crippen LogP contribution in [0.25, 0.3) is 0 Å². The van der Waals surface area contributed by atoms with Crippen molar-refractivity contribution in [3.05, 3.63) is 24.3 Å². The van der Waals surface area contributed by atoms with Crippen LogP contribution in [0.15, 0.2) is 24.3 Å². The molecule has 0 aromatic heterocycles. The minimum Gasteiger partial charge on any atom is -0.343 e. The number of anilines is 2. The quantitative estimate of drug-likeness (QED) is 0.922. The number of carbonyl (C=O) groups excluding carboxylic acids is 3. The van der Waals surface area contributed by atoms with Gasteiger partial charge in [0.2, 0.25) is 17.7 Å². The first kappa shape index (κ1) is 16.5. The molecule has 0 radical (unpaired) electrons. The van der Waals surface area contributed by atoms with Gasteiger partial charge in [0, 0.05) is 50.3 Å². The van der Waals surface area contributed by atoms with Crippen LogP contribution in [0, 0.1) is 5.92 Å². The van der Waals surface area contributed by atoms with Crippen LogP contribution in [0.5, 0.6) is 0 Å². The second kappa shape index (κ2) is 7.03. The van der Waals surface area contributed by atoms with Crippen LogP contribution >= 0.6 is 0 Å². The maximum atomic E-state index is 12.4. The van der Waals surface area contributed by atoms with Crippen LogP contribution in [0.1, 0.15) is 32.6 Å². The lowest BCUT2D eigenvalue weighted by atomic mass is 9.96.